The first-order valence-corrected chi connectivity index (χ1v) is 9.15. The van der Waals surface area contributed by atoms with E-state index in [0.29, 0.717) is 26.8 Å². The fraction of sp³-hybridized carbons (Fsp3) is 0.118. The van der Waals surface area contributed by atoms with Gasteiger partial charge in [0.15, 0.2) is 0 Å². The normalized spacial score (nSPS) is 10.6. The molecule has 2 aromatic carbocycles. The Balaban J connectivity index is 1.56. The van der Waals surface area contributed by atoms with Crippen LogP contribution in [0.5, 0.6) is 5.75 Å². The molecule has 0 spiro atoms. The summed E-state index contributed by atoms with van der Waals surface area (Å²) < 4.78 is 10.7. The van der Waals surface area contributed by atoms with Crippen molar-refractivity contribution >= 4 is 46.6 Å². The maximum absolute atomic E-state index is 12.0. The number of carbonyl (C=O) groups excluding carboxylic acids is 1. The fourth-order valence-electron chi connectivity index (χ4n) is 2.02. The van der Waals surface area contributed by atoms with E-state index in [1.165, 1.54) is 0 Å². The van der Waals surface area contributed by atoms with E-state index in [4.69, 9.17) is 32.4 Å². The van der Waals surface area contributed by atoms with Crippen molar-refractivity contribution in [3.05, 3.63) is 52.5 Å². The van der Waals surface area contributed by atoms with Crippen molar-refractivity contribution in [3.63, 3.8) is 0 Å². The fourth-order valence-corrected chi connectivity index (χ4v) is 2.88. The first-order chi connectivity index (χ1) is 12.5. The molecule has 0 fully saturated rings. The number of nitrogens with zero attached hydrogens (tertiary/aromatic N) is 2. The van der Waals surface area contributed by atoms with Gasteiger partial charge in [0.25, 0.3) is 5.22 Å². The molecule has 26 heavy (non-hydrogen) atoms. The van der Waals surface area contributed by atoms with Crippen LogP contribution in [-0.4, -0.2) is 29.0 Å². The number of thioether (sulfide) groups is 1. The lowest BCUT2D eigenvalue weighted by atomic mass is 10.2. The van der Waals surface area contributed by atoms with Crippen LogP contribution in [-0.2, 0) is 4.79 Å². The molecule has 1 amide bonds. The van der Waals surface area contributed by atoms with Crippen molar-refractivity contribution in [2.24, 2.45) is 0 Å². The maximum atomic E-state index is 12.0. The topological polar surface area (TPSA) is 77.2 Å². The molecule has 6 nitrogen and oxygen atoms in total. The van der Waals surface area contributed by atoms with Crippen molar-refractivity contribution in [1.82, 2.24) is 10.2 Å². The van der Waals surface area contributed by atoms with Gasteiger partial charge in [-0.1, -0.05) is 35.0 Å². The van der Waals surface area contributed by atoms with E-state index < -0.39 is 0 Å². The SMILES string of the molecule is COc1ccc(-c2nnc(SCC(=O)Nc3ccc(Cl)c(Cl)c3)o2)cc1. The zero-order valence-electron chi connectivity index (χ0n) is 13.5. The number of carbonyl (C=O) groups is 1. The predicted molar refractivity (Wildman–Crippen MR) is 102 cm³/mol. The first-order valence-electron chi connectivity index (χ1n) is 7.41. The molecule has 1 heterocycles. The van der Waals surface area contributed by atoms with Crippen LogP contribution in [0.3, 0.4) is 0 Å². The molecular weight excluding hydrogens is 397 g/mol. The van der Waals surface area contributed by atoms with Gasteiger partial charge in [0.1, 0.15) is 5.75 Å². The molecule has 0 unspecified atom stereocenters. The molecule has 134 valence electrons. The van der Waals surface area contributed by atoms with Crippen LogP contribution in [0.2, 0.25) is 10.0 Å². The minimum atomic E-state index is -0.224. The van der Waals surface area contributed by atoms with Gasteiger partial charge in [-0.2, -0.15) is 0 Å². The van der Waals surface area contributed by atoms with E-state index in [1.54, 1.807) is 37.4 Å². The summed E-state index contributed by atoms with van der Waals surface area (Å²) in [6.07, 6.45) is 0. The molecule has 0 bridgehead atoms. The third-order valence-electron chi connectivity index (χ3n) is 3.27. The van der Waals surface area contributed by atoms with E-state index in [0.717, 1.165) is 23.1 Å². The lowest BCUT2D eigenvalue weighted by Crippen LogP contribution is -2.13. The number of rotatable bonds is 6. The zero-order valence-corrected chi connectivity index (χ0v) is 15.9. The molecule has 0 aliphatic carbocycles. The number of halogens is 2. The number of hydrogen-bond donors (Lipinski definition) is 1. The van der Waals surface area contributed by atoms with Crippen molar-refractivity contribution in [2.75, 3.05) is 18.2 Å². The third kappa shape index (κ3) is 4.69. The second kappa shape index (κ2) is 8.44. The molecule has 0 saturated heterocycles. The summed E-state index contributed by atoms with van der Waals surface area (Å²) in [5, 5.41) is 11.7. The summed E-state index contributed by atoms with van der Waals surface area (Å²) in [6.45, 7) is 0. The quantitative estimate of drug-likeness (QED) is 0.590. The Kier molecular flexibility index (Phi) is 6.03. The van der Waals surface area contributed by atoms with Gasteiger partial charge in [-0.05, 0) is 42.5 Å². The van der Waals surface area contributed by atoms with Gasteiger partial charge in [-0.3, -0.25) is 4.79 Å². The van der Waals surface area contributed by atoms with Crippen LogP contribution in [0.25, 0.3) is 11.5 Å². The summed E-state index contributed by atoms with van der Waals surface area (Å²) in [7, 11) is 1.60. The van der Waals surface area contributed by atoms with Crippen LogP contribution in [0.15, 0.2) is 52.1 Å². The average Bonchev–Trinajstić information content (AvgIpc) is 3.12. The van der Waals surface area contributed by atoms with Crippen LogP contribution in [0.1, 0.15) is 0 Å². The Hall–Kier alpha value is -2.22. The molecule has 1 N–H and O–H groups in total. The van der Waals surface area contributed by atoms with Gasteiger partial charge >= 0.3 is 0 Å². The second-order valence-corrected chi connectivity index (χ2v) is 6.81. The van der Waals surface area contributed by atoms with Crippen molar-refractivity contribution in [2.45, 2.75) is 5.22 Å². The van der Waals surface area contributed by atoms with E-state index in [2.05, 4.69) is 15.5 Å². The molecule has 3 rings (SSSR count). The number of anilines is 1. The van der Waals surface area contributed by atoms with E-state index in [-0.39, 0.29) is 11.7 Å². The number of ether oxygens (including phenoxy) is 1. The third-order valence-corrected chi connectivity index (χ3v) is 4.83. The van der Waals surface area contributed by atoms with Crippen molar-refractivity contribution in [1.29, 1.82) is 0 Å². The molecule has 0 atom stereocenters. The van der Waals surface area contributed by atoms with Crippen molar-refractivity contribution < 1.29 is 13.9 Å². The number of hydrogen-bond acceptors (Lipinski definition) is 6. The van der Waals surface area contributed by atoms with Crippen LogP contribution < -0.4 is 10.1 Å². The molecular formula is C17H13Cl2N3O3S. The summed E-state index contributed by atoms with van der Waals surface area (Å²) in [5.41, 5.74) is 1.33. The average molecular weight is 410 g/mol. The summed E-state index contributed by atoms with van der Waals surface area (Å²) in [6, 6.07) is 12.1. The Bertz CT molecular complexity index is 916. The summed E-state index contributed by atoms with van der Waals surface area (Å²) in [4.78, 5) is 12.0. The van der Waals surface area contributed by atoms with E-state index >= 15 is 0 Å². The molecule has 0 aliphatic rings. The molecule has 0 aliphatic heterocycles. The highest BCUT2D eigenvalue weighted by atomic mass is 35.5. The number of nitrogens with one attached hydrogen (secondary N) is 1. The van der Waals surface area contributed by atoms with Gasteiger partial charge in [0.05, 0.1) is 22.9 Å². The highest BCUT2D eigenvalue weighted by Gasteiger charge is 2.12. The van der Waals surface area contributed by atoms with Crippen LogP contribution >= 0.6 is 35.0 Å². The number of benzene rings is 2. The Labute approximate surface area is 163 Å². The van der Waals surface area contributed by atoms with Crippen LogP contribution in [0, 0.1) is 0 Å². The minimum absolute atomic E-state index is 0.116. The van der Waals surface area contributed by atoms with Gasteiger partial charge in [-0.25, -0.2) is 0 Å². The van der Waals surface area contributed by atoms with E-state index in [1.807, 2.05) is 12.1 Å². The second-order valence-electron chi connectivity index (χ2n) is 5.07. The van der Waals surface area contributed by atoms with Gasteiger partial charge in [0.2, 0.25) is 11.8 Å². The Morgan fingerprint density at radius 1 is 1.15 bits per heavy atom. The summed E-state index contributed by atoms with van der Waals surface area (Å²) >= 11 is 12.9. The highest BCUT2D eigenvalue weighted by Crippen LogP contribution is 2.26. The largest absolute Gasteiger partial charge is 0.497 e. The Morgan fingerprint density at radius 3 is 2.62 bits per heavy atom. The zero-order chi connectivity index (χ0) is 18.5. The maximum Gasteiger partial charge on any atom is 0.277 e. The monoisotopic (exact) mass is 409 g/mol. The number of aromatic nitrogens is 2. The standard InChI is InChI=1S/C17H13Cl2N3O3S/c1-24-12-5-2-10(3-6-12)16-21-22-17(25-16)26-9-15(23)20-11-4-7-13(18)14(19)8-11/h2-8H,9H2,1H3,(H,20,23). The molecule has 9 heteroatoms. The predicted octanol–water partition coefficient (Wildman–Crippen LogP) is 4.78. The Morgan fingerprint density at radius 2 is 1.92 bits per heavy atom. The molecule has 0 radical (unpaired) electrons. The lowest BCUT2D eigenvalue weighted by Gasteiger charge is -2.05. The van der Waals surface area contributed by atoms with Crippen molar-refractivity contribution in [3.8, 4) is 17.2 Å². The lowest BCUT2D eigenvalue weighted by molar-refractivity contribution is -0.113. The van der Waals surface area contributed by atoms with Crippen LogP contribution in [0.4, 0.5) is 5.69 Å². The molecule has 3 aromatic rings. The van der Waals surface area contributed by atoms with Gasteiger partial charge in [0, 0.05) is 11.3 Å². The highest BCUT2D eigenvalue weighted by molar-refractivity contribution is 7.99. The minimum Gasteiger partial charge on any atom is -0.497 e. The summed E-state index contributed by atoms with van der Waals surface area (Å²) in [5.74, 6) is 1.00. The smallest absolute Gasteiger partial charge is 0.277 e. The first kappa shape index (κ1) is 18.6. The van der Waals surface area contributed by atoms with Gasteiger partial charge in [-0.15, -0.1) is 10.2 Å². The van der Waals surface area contributed by atoms with E-state index in [9.17, 15) is 4.79 Å². The molecule has 1 aromatic heterocycles. The number of amides is 1. The van der Waals surface area contributed by atoms with Gasteiger partial charge < -0.3 is 14.5 Å². The molecule has 0 saturated carbocycles. The number of methoxy groups -OCH3 is 1.